The summed E-state index contributed by atoms with van der Waals surface area (Å²) in [4.78, 5) is 16.1. The van der Waals surface area contributed by atoms with Gasteiger partial charge in [-0.1, -0.05) is 34.1 Å². The number of nitrogens with zero attached hydrogens (tertiary/aromatic N) is 1. The lowest BCUT2D eigenvalue weighted by atomic mass is 10.0. The van der Waals surface area contributed by atoms with E-state index in [2.05, 4.69) is 31.5 Å². The van der Waals surface area contributed by atoms with Crippen LogP contribution in [-0.2, 0) is 0 Å². The molecule has 0 spiro atoms. The number of amides is 2. The van der Waals surface area contributed by atoms with Crippen molar-refractivity contribution in [1.82, 2.24) is 10.3 Å². The van der Waals surface area contributed by atoms with Gasteiger partial charge in [-0.2, -0.15) is 0 Å². The first-order valence-corrected chi connectivity index (χ1v) is 7.69. The van der Waals surface area contributed by atoms with E-state index in [0.717, 1.165) is 15.6 Å². The van der Waals surface area contributed by atoms with Crippen LogP contribution in [0.5, 0.6) is 0 Å². The third-order valence-electron chi connectivity index (χ3n) is 3.29. The Morgan fingerprint density at radius 2 is 1.95 bits per heavy atom. The minimum atomic E-state index is -0.788. The highest BCUT2D eigenvalue weighted by molar-refractivity contribution is 9.10. The molecule has 0 radical (unpaired) electrons. The van der Waals surface area contributed by atoms with E-state index >= 15 is 0 Å². The van der Waals surface area contributed by atoms with Crippen molar-refractivity contribution in [3.05, 3.63) is 58.2 Å². The first-order chi connectivity index (χ1) is 10.5. The largest absolute Gasteiger partial charge is 0.386 e. The molecule has 0 unspecified atom stereocenters. The molecule has 5 nitrogen and oxygen atoms in total. The average Bonchev–Trinajstić information content (AvgIpc) is 2.49. The van der Waals surface area contributed by atoms with Crippen molar-refractivity contribution in [3.63, 3.8) is 0 Å². The number of halogens is 1. The van der Waals surface area contributed by atoms with Gasteiger partial charge in [-0.05, 0) is 43.2 Å². The second kappa shape index (κ2) is 7.38. The summed E-state index contributed by atoms with van der Waals surface area (Å²) in [5, 5.41) is 15.7. The van der Waals surface area contributed by atoms with Crippen LogP contribution in [0.4, 0.5) is 10.6 Å². The number of carbonyl (C=O) groups is 1. The number of urea groups is 1. The lowest BCUT2D eigenvalue weighted by Gasteiger charge is -2.21. The predicted octanol–water partition coefficient (Wildman–Crippen LogP) is 3.40. The Labute approximate surface area is 137 Å². The van der Waals surface area contributed by atoms with Gasteiger partial charge in [0.1, 0.15) is 5.82 Å². The highest BCUT2D eigenvalue weighted by Gasteiger charge is 2.18. The van der Waals surface area contributed by atoms with Crippen molar-refractivity contribution in [2.24, 2.45) is 0 Å². The molecule has 0 aliphatic heterocycles. The molecule has 1 aromatic heterocycles. The molecule has 1 heterocycles. The van der Waals surface area contributed by atoms with Crippen molar-refractivity contribution in [2.45, 2.75) is 26.0 Å². The van der Waals surface area contributed by atoms with Gasteiger partial charge in [0.2, 0.25) is 0 Å². The Balaban J connectivity index is 1.96. The molecular weight excluding hydrogens is 346 g/mol. The summed E-state index contributed by atoms with van der Waals surface area (Å²) >= 11 is 3.35. The van der Waals surface area contributed by atoms with Crippen LogP contribution >= 0.6 is 15.9 Å². The van der Waals surface area contributed by atoms with Crippen LogP contribution < -0.4 is 10.6 Å². The smallest absolute Gasteiger partial charge is 0.320 e. The van der Waals surface area contributed by atoms with Gasteiger partial charge < -0.3 is 10.4 Å². The molecule has 0 aliphatic rings. The molecule has 0 fully saturated rings. The predicted molar refractivity (Wildman–Crippen MR) is 89.7 cm³/mol. The van der Waals surface area contributed by atoms with Gasteiger partial charge >= 0.3 is 6.03 Å². The third-order valence-corrected chi connectivity index (χ3v) is 3.81. The fraction of sp³-hybridized carbons (Fsp3) is 0.250. The maximum atomic E-state index is 12.0. The maximum Gasteiger partial charge on any atom is 0.320 e. The van der Waals surface area contributed by atoms with Gasteiger partial charge in [0.25, 0.3) is 0 Å². The minimum Gasteiger partial charge on any atom is -0.386 e. The molecule has 2 atom stereocenters. The van der Waals surface area contributed by atoms with E-state index in [4.69, 9.17) is 0 Å². The summed E-state index contributed by atoms with van der Waals surface area (Å²) in [5.41, 5.74) is 1.61. The standard InChI is InChI=1S/C16H18BrN3O2/c1-10-4-3-9-18-15(10)20-16(22)19-11(2)14(21)12-5-7-13(17)8-6-12/h3-9,11,14,21H,1-2H3,(H2,18,19,20,22)/t11-,14-/m0/s1. The van der Waals surface area contributed by atoms with Crippen molar-refractivity contribution >= 4 is 27.8 Å². The molecule has 0 bridgehead atoms. The normalized spacial score (nSPS) is 13.3. The van der Waals surface area contributed by atoms with Crippen LogP contribution in [0.25, 0.3) is 0 Å². The zero-order chi connectivity index (χ0) is 16.1. The number of aryl methyl sites for hydroxylation is 1. The van der Waals surface area contributed by atoms with Gasteiger partial charge in [-0.3, -0.25) is 5.32 Å². The second-order valence-electron chi connectivity index (χ2n) is 5.05. The molecular formula is C16H18BrN3O2. The summed E-state index contributed by atoms with van der Waals surface area (Å²) in [5.74, 6) is 0.505. The lowest BCUT2D eigenvalue weighted by Crippen LogP contribution is -2.40. The van der Waals surface area contributed by atoms with Crippen molar-refractivity contribution < 1.29 is 9.90 Å². The van der Waals surface area contributed by atoms with E-state index in [1.165, 1.54) is 0 Å². The summed E-state index contributed by atoms with van der Waals surface area (Å²) in [6.45, 7) is 3.61. The molecule has 0 aliphatic carbocycles. The molecule has 3 N–H and O–H groups in total. The third kappa shape index (κ3) is 4.29. The van der Waals surface area contributed by atoms with Gasteiger partial charge in [0.15, 0.2) is 0 Å². The number of benzene rings is 1. The van der Waals surface area contributed by atoms with E-state index in [9.17, 15) is 9.90 Å². The Kier molecular flexibility index (Phi) is 5.51. The van der Waals surface area contributed by atoms with Crippen LogP contribution in [0.3, 0.4) is 0 Å². The highest BCUT2D eigenvalue weighted by Crippen LogP contribution is 2.19. The molecule has 0 saturated carbocycles. The molecule has 22 heavy (non-hydrogen) atoms. The first kappa shape index (κ1) is 16.5. The van der Waals surface area contributed by atoms with Crippen molar-refractivity contribution in [1.29, 1.82) is 0 Å². The van der Waals surface area contributed by atoms with Crippen LogP contribution in [0, 0.1) is 6.92 Å². The molecule has 1 aromatic carbocycles. The summed E-state index contributed by atoms with van der Waals surface area (Å²) < 4.78 is 0.937. The van der Waals surface area contributed by atoms with E-state index in [-0.39, 0.29) is 0 Å². The monoisotopic (exact) mass is 363 g/mol. The first-order valence-electron chi connectivity index (χ1n) is 6.90. The number of hydrogen-bond donors (Lipinski definition) is 3. The van der Waals surface area contributed by atoms with E-state index in [1.807, 2.05) is 37.3 Å². The fourth-order valence-corrected chi connectivity index (χ4v) is 2.26. The molecule has 0 saturated heterocycles. The minimum absolute atomic E-state index is 0.398. The SMILES string of the molecule is Cc1cccnc1NC(=O)N[C@@H](C)[C@H](O)c1ccc(Br)cc1. The number of aromatic nitrogens is 1. The topological polar surface area (TPSA) is 74.2 Å². The number of aliphatic hydroxyl groups is 1. The van der Waals surface area contributed by atoms with Crippen LogP contribution in [0.1, 0.15) is 24.2 Å². The second-order valence-corrected chi connectivity index (χ2v) is 5.97. The molecule has 6 heteroatoms. The van der Waals surface area contributed by atoms with E-state index in [1.54, 1.807) is 19.2 Å². The Bertz CT molecular complexity index is 646. The molecule has 2 amide bonds. The van der Waals surface area contributed by atoms with Gasteiger partial charge in [0, 0.05) is 10.7 Å². The number of pyridine rings is 1. The average molecular weight is 364 g/mol. The maximum absolute atomic E-state index is 12.0. The highest BCUT2D eigenvalue weighted by atomic mass is 79.9. The van der Waals surface area contributed by atoms with Gasteiger partial charge in [-0.25, -0.2) is 9.78 Å². The Morgan fingerprint density at radius 3 is 2.59 bits per heavy atom. The van der Waals surface area contributed by atoms with E-state index in [0.29, 0.717) is 5.82 Å². The zero-order valence-electron chi connectivity index (χ0n) is 12.4. The van der Waals surface area contributed by atoms with Gasteiger partial charge in [-0.15, -0.1) is 0 Å². The molecule has 116 valence electrons. The van der Waals surface area contributed by atoms with Crippen LogP contribution in [0.2, 0.25) is 0 Å². The summed E-state index contributed by atoms with van der Waals surface area (Å²) in [7, 11) is 0. The fourth-order valence-electron chi connectivity index (χ4n) is 1.99. The van der Waals surface area contributed by atoms with Gasteiger partial charge in [0.05, 0.1) is 12.1 Å². The molecule has 2 rings (SSSR count). The summed E-state index contributed by atoms with van der Waals surface area (Å²) in [6.07, 6.45) is 0.826. The van der Waals surface area contributed by atoms with Crippen molar-refractivity contribution in [3.8, 4) is 0 Å². The number of nitrogens with one attached hydrogen (secondary N) is 2. The Hall–Kier alpha value is -1.92. The Morgan fingerprint density at radius 1 is 1.27 bits per heavy atom. The molecule has 2 aromatic rings. The number of carbonyl (C=O) groups excluding carboxylic acids is 1. The summed E-state index contributed by atoms with van der Waals surface area (Å²) in [6, 6.07) is 10.2. The number of anilines is 1. The lowest BCUT2D eigenvalue weighted by molar-refractivity contribution is 0.139. The quantitative estimate of drug-likeness (QED) is 0.779. The number of rotatable bonds is 4. The van der Waals surface area contributed by atoms with Crippen LogP contribution in [0.15, 0.2) is 47.1 Å². The zero-order valence-corrected chi connectivity index (χ0v) is 14.0. The van der Waals surface area contributed by atoms with Crippen molar-refractivity contribution in [2.75, 3.05) is 5.32 Å². The van der Waals surface area contributed by atoms with E-state index < -0.39 is 18.2 Å². The van der Waals surface area contributed by atoms with Crippen LogP contribution in [-0.4, -0.2) is 22.2 Å². The number of hydrogen-bond acceptors (Lipinski definition) is 3. The number of aliphatic hydroxyl groups excluding tert-OH is 1.